The third-order valence-corrected chi connectivity index (χ3v) is 11.8. The molecule has 1 aromatic heterocycles. The number of hydrogen-bond acceptors (Lipinski definition) is 3. The van der Waals surface area contributed by atoms with Gasteiger partial charge in [-0.25, -0.2) is 15.0 Å². The van der Waals surface area contributed by atoms with Crippen LogP contribution in [0.3, 0.4) is 0 Å². The van der Waals surface area contributed by atoms with Gasteiger partial charge in [-0.15, -0.1) is 0 Å². The maximum absolute atomic E-state index is 5.30. The van der Waals surface area contributed by atoms with Crippen molar-refractivity contribution in [1.29, 1.82) is 0 Å². The Bertz CT molecular complexity index is 3390. The van der Waals surface area contributed by atoms with Gasteiger partial charge in [0, 0.05) is 16.7 Å². The van der Waals surface area contributed by atoms with Gasteiger partial charge >= 0.3 is 0 Å². The van der Waals surface area contributed by atoms with Gasteiger partial charge in [0.05, 0.1) is 0 Å². The quantitative estimate of drug-likeness (QED) is 0.154. The molecule has 0 unspecified atom stereocenters. The summed E-state index contributed by atoms with van der Waals surface area (Å²) in [6.45, 7) is 0. The number of aromatic nitrogens is 3. The highest BCUT2D eigenvalue weighted by atomic mass is 15.0. The summed E-state index contributed by atoms with van der Waals surface area (Å²) < 4.78 is 0. The molecule has 0 spiro atoms. The normalized spacial score (nSPS) is 11.2. The molecule has 3 heteroatoms. The van der Waals surface area contributed by atoms with E-state index >= 15 is 0 Å². The van der Waals surface area contributed by atoms with Gasteiger partial charge in [0.1, 0.15) is 0 Å². The second kappa shape index (κ2) is 16.1. The Morgan fingerprint density at radius 3 is 1.32 bits per heavy atom. The molecule has 0 radical (unpaired) electrons. The minimum absolute atomic E-state index is 0.615. The van der Waals surface area contributed by atoms with Gasteiger partial charge in [0.25, 0.3) is 0 Å². The summed E-state index contributed by atoms with van der Waals surface area (Å²) in [5.74, 6) is 1.85. The first-order valence-electron chi connectivity index (χ1n) is 21.0. The molecule has 0 aliphatic heterocycles. The number of fused-ring (bicyclic) bond motifs is 2. The molecule has 10 aromatic carbocycles. The fourth-order valence-corrected chi connectivity index (χ4v) is 8.69. The van der Waals surface area contributed by atoms with Crippen LogP contribution in [0.2, 0.25) is 0 Å². The van der Waals surface area contributed by atoms with Crippen molar-refractivity contribution in [2.75, 3.05) is 0 Å². The molecule has 0 atom stereocenters. The van der Waals surface area contributed by atoms with Crippen LogP contribution in [0, 0.1) is 0 Å². The van der Waals surface area contributed by atoms with Gasteiger partial charge in [-0.2, -0.15) is 0 Å². The lowest BCUT2D eigenvalue weighted by Crippen LogP contribution is -2.01. The second-order valence-electron chi connectivity index (χ2n) is 15.6. The van der Waals surface area contributed by atoms with Gasteiger partial charge in [-0.1, -0.05) is 224 Å². The van der Waals surface area contributed by atoms with Crippen molar-refractivity contribution in [3.63, 3.8) is 0 Å². The van der Waals surface area contributed by atoms with E-state index in [-0.39, 0.29) is 0 Å². The number of hydrogen-bond donors (Lipinski definition) is 0. The van der Waals surface area contributed by atoms with Crippen molar-refractivity contribution in [2.24, 2.45) is 0 Å². The third kappa shape index (κ3) is 7.02. The number of benzene rings is 10. The second-order valence-corrected chi connectivity index (χ2v) is 15.6. The molecule has 0 bridgehead atoms. The molecule has 290 valence electrons. The number of rotatable bonds is 8. The largest absolute Gasteiger partial charge is 0.208 e. The van der Waals surface area contributed by atoms with Gasteiger partial charge in [0.2, 0.25) is 0 Å². The Morgan fingerprint density at radius 1 is 0.194 bits per heavy atom. The molecular formula is C59H39N3. The number of nitrogens with zero attached hydrogens (tertiary/aromatic N) is 3. The molecule has 1 heterocycles. The molecule has 3 nitrogen and oxygen atoms in total. The summed E-state index contributed by atoms with van der Waals surface area (Å²) in [7, 11) is 0. The van der Waals surface area contributed by atoms with Gasteiger partial charge in [-0.05, 0) is 89.3 Å². The Balaban J connectivity index is 1.05. The highest BCUT2D eigenvalue weighted by Gasteiger charge is 2.18. The first kappa shape index (κ1) is 36.8. The lowest BCUT2D eigenvalue weighted by atomic mass is 9.91. The van der Waals surface area contributed by atoms with Crippen molar-refractivity contribution in [3.8, 4) is 89.8 Å². The molecule has 0 aliphatic carbocycles. The van der Waals surface area contributed by atoms with E-state index in [1.165, 1.54) is 43.8 Å². The summed E-state index contributed by atoms with van der Waals surface area (Å²) in [6.07, 6.45) is 0. The van der Waals surface area contributed by atoms with Crippen molar-refractivity contribution in [1.82, 2.24) is 15.0 Å². The van der Waals surface area contributed by atoms with E-state index in [9.17, 15) is 0 Å². The summed E-state index contributed by atoms with van der Waals surface area (Å²) in [4.78, 5) is 15.8. The average molecular weight is 790 g/mol. The molecule has 62 heavy (non-hydrogen) atoms. The Labute approximate surface area is 361 Å². The van der Waals surface area contributed by atoms with E-state index in [2.05, 4.69) is 237 Å². The molecular weight excluding hydrogens is 751 g/mol. The summed E-state index contributed by atoms with van der Waals surface area (Å²) in [5.41, 5.74) is 14.3. The molecule has 0 N–H and O–H groups in total. The fraction of sp³-hybridized carbons (Fsp3) is 0. The SMILES string of the molecule is c1ccc(-c2cccc(-c3ccc(-c4nc(-c5cccc(-c6ccc(-c7ccccc7)c7ccccc67)c5)nc(-c5ccccc5-c5cccc6ccccc56)n4)cc3)c2)cc1. The summed E-state index contributed by atoms with van der Waals surface area (Å²) in [6, 6.07) is 83.6. The van der Waals surface area contributed by atoms with Gasteiger partial charge < -0.3 is 0 Å². The molecule has 0 fully saturated rings. The lowest BCUT2D eigenvalue weighted by molar-refractivity contribution is 1.07. The monoisotopic (exact) mass is 789 g/mol. The predicted octanol–water partition coefficient (Wildman–Crippen LogP) is 15.5. The van der Waals surface area contributed by atoms with Crippen LogP contribution in [-0.4, -0.2) is 15.0 Å². The molecule has 0 saturated carbocycles. The van der Waals surface area contributed by atoms with E-state index in [1.54, 1.807) is 0 Å². The van der Waals surface area contributed by atoms with E-state index in [0.717, 1.165) is 50.1 Å². The maximum Gasteiger partial charge on any atom is 0.164 e. The van der Waals surface area contributed by atoms with Crippen LogP contribution in [-0.2, 0) is 0 Å². The van der Waals surface area contributed by atoms with Crippen molar-refractivity contribution in [3.05, 3.63) is 237 Å². The summed E-state index contributed by atoms with van der Waals surface area (Å²) >= 11 is 0. The van der Waals surface area contributed by atoms with Crippen LogP contribution in [0.1, 0.15) is 0 Å². The molecule has 11 rings (SSSR count). The topological polar surface area (TPSA) is 38.7 Å². The zero-order chi connectivity index (χ0) is 41.2. The molecule has 0 amide bonds. The Hall–Kier alpha value is -8.27. The third-order valence-electron chi connectivity index (χ3n) is 11.8. The van der Waals surface area contributed by atoms with Crippen LogP contribution >= 0.6 is 0 Å². The first-order valence-corrected chi connectivity index (χ1v) is 21.0. The van der Waals surface area contributed by atoms with Crippen molar-refractivity contribution < 1.29 is 0 Å². The zero-order valence-corrected chi connectivity index (χ0v) is 33.9. The Morgan fingerprint density at radius 2 is 0.613 bits per heavy atom. The molecule has 0 saturated heterocycles. The van der Waals surface area contributed by atoms with Crippen LogP contribution in [0.4, 0.5) is 0 Å². The smallest absolute Gasteiger partial charge is 0.164 e. The standard InChI is InChI=1S/C59H39N3/c1-3-16-40(17-4-1)45-22-13-23-46(38-45)41-32-34-44(35-33-41)57-60-58(62-59(61-57)56-30-12-11-29-55(56)54-31-15-21-43-20-7-8-26-49(43)54)48-25-14-24-47(39-48)51-37-36-50(42-18-5-2-6-19-42)52-27-9-10-28-53(51)52/h1-39H. The predicted molar refractivity (Wildman–Crippen MR) is 258 cm³/mol. The van der Waals surface area contributed by atoms with E-state index in [1.807, 2.05) is 0 Å². The minimum Gasteiger partial charge on any atom is -0.208 e. The van der Waals surface area contributed by atoms with Crippen LogP contribution in [0.15, 0.2) is 237 Å². The molecule has 11 aromatic rings. The van der Waals surface area contributed by atoms with Crippen LogP contribution < -0.4 is 0 Å². The minimum atomic E-state index is 0.615. The van der Waals surface area contributed by atoms with E-state index < -0.39 is 0 Å². The zero-order valence-electron chi connectivity index (χ0n) is 33.9. The fourth-order valence-electron chi connectivity index (χ4n) is 8.69. The van der Waals surface area contributed by atoms with Crippen LogP contribution in [0.5, 0.6) is 0 Å². The van der Waals surface area contributed by atoms with Crippen LogP contribution in [0.25, 0.3) is 111 Å². The Kier molecular flexibility index (Phi) is 9.53. The lowest BCUT2D eigenvalue weighted by Gasteiger charge is -2.15. The van der Waals surface area contributed by atoms with E-state index in [0.29, 0.717) is 17.5 Å². The van der Waals surface area contributed by atoms with Crippen molar-refractivity contribution in [2.45, 2.75) is 0 Å². The first-order chi connectivity index (χ1) is 30.7. The van der Waals surface area contributed by atoms with Gasteiger partial charge in [0.15, 0.2) is 17.5 Å². The van der Waals surface area contributed by atoms with Crippen molar-refractivity contribution >= 4 is 21.5 Å². The maximum atomic E-state index is 5.30. The van der Waals surface area contributed by atoms with Gasteiger partial charge in [-0.3, -0.25) is 0 Å². The summed E-state index contributed by atoms with van der Waals surface area (Å²) in [5, 5.41) is 4.78. The highest BCUT2D eigenvalue weighted by Crippen LogP contribution is 2.39. The van der Waals surface area contributed by atoms with E-state index in [4.69, 9.17) is 15.0 Å². The molecule has 0 aliphatic rings. The average Bonchev–Trinajstić information content (AvgIpc) is 3.36. The highest BCUT2D eigenvalue weighted by molar-refractivity contribution is 6.05.